The Morgan fingerprint density at radius 2 is 1.94 bits per heavy atom. The Kier molecular flexibility index (Phi) is 1.77. The number of rotatable bonds is 1. The first-order chi connectivity index (χ1) is 7.86. The van der Waals surface area contributed by atoms with Gasteiger partial charge in [0.25, 0.3) is 0 Å². The standard InChI is InChI=1S/C13H19N3/c1-2-10(3-1)12-15-14-11-4-5-13(6-7-13)8-9-16(11)12/h10H,1-9H2. The molecule has 3 nitrogen and oxygen atoms in total. The highest BCUT2D eigenvalue weighted by atomic mass is 15.3. The molecule has 0 aromatic carbocycles. The third-order valence-corrected chi connectivity index (χ3v) is 5.03. The summed E-state index contributed by atoms with van der Waals surface area (Å²) in [6.07, 6.45) is 10.9. The van der Waals surface area contributed by atoms with Crippen molar-refractivity contribution in [3.8, 4) is 0 Å². The van der Waals surface area contributed by atoms with E-state index in [2.05, 4.69) is 14.8 Å². The first kappa shape index (κ1) is 9.20. The van der Waals surface area contributed by atoms with Crippen molar-refractivity contribution in [2.24, 2.45) is 5.41 Å². The van der Waals surface area contributed by atoms with Gasteiger partial charge in [0.2, 0.25) is 0 Å². The third kappa shape index (κ3) is 1.26. The summed E-state index contributed by atoms with van der Waals surface area (Å²) in [7, 11) is 0. The van der Waals surface area contributed by atoms with Gasteiger partial charge in [-0.1, -0.05) is 6.42 Å². The van der Waals surface area contributed by atoms with Crippen molar-refractivity contribution in [2.75, 3.05) is 0 Å². The minimum absolute atomic E-state index is 0.720. The Bertz CT molecular complexity index is 413. The molecule has 1 aromatic heterocycles. The maximum absolute atomic E-state index is 4.44. The minimum atomic E-state index is 0.720. The summed E-state index contributed by atoms with van der Waals surface area (Å²) in [6.45, 7) is 1.19. The van der Waals surface area contributed by atoms with Gasteiger partial charge in [0.05, 0.1) is 0 Å². The van der Waals surface area contributed by atoms with Crippen molar-refractivity contribution in [1.82, 2.24) is 14.8 Å². The molecule has 1 aromatic rings. The Hall–Kier alpha value is -0.860. The summed E-state index contributed by atoms with van der Waals surface area (Å²) in [4.78, 5) is 0. The maximum atomic E-state index is 4.44. The van der Waals surface area contributed by atoms with Gasteiger partial charge in [-0.05, 0) is 43.9 Å². The largest absolute Gasteiger partial charge is 0.315 e. The predicted molar refractivity (Wildman–Crippen MR) is 61.2 cm³/mol. The zero-order chi connectivity index (χ0) is 10.6. The number of hydrogen-bond acceptors (Lipinski definition) is 2. The Morgan fingerprint density at radius 1 is 1.06 bits per heavy atom. The van der Waals surface area contributed by atoms with Crippen molar-refractivity contribution in [3.63, 3.8) is 0 Å². The van der Waals surface area contributed by atoms with E-state index in [1.807, 2.05) is 0 Å². The number of aryl methyl sites for hydroxylation is 1. The van der Waals surface area contributed by atoms with Crippen molar-refractivity contribution in [2.45, 2.75) is 63.8 Å². The van der Waals surface area contributed by atoms with E-state index in [1.165, 1.54) is 69.6 Å². The molecule has 0 N–H and O–H groups in total. The molecule has 2 aliphatic carbocycles. The number of nitrogens with zero attached hydrogens (tertiary/aromatic N) is 3. The van der Waals surface area contributed by atoms with E-state index in [0.717, 1.165) is 11.3 Å². The van der Waals surface area contributed by atoms with Gasteiger partial charge in [-0.2, -0.15) is 0 Å². The summed E-state index contributed by atoms with van der Waals surface area (Å²) < 4.78 is 2.46. The Balaban J connectivity index is 1.65. The highest BCUT2D eigenvalue weighted by molar-refractivity contribution is 5.09. The van der Waals surface area contributed by atoms with Crippen LogP contribution in [-0.4, -0.2) is 14.8 Å². The maximum Gasteiger partial charge on any atom is 0.136 e. The summed E-state index contributed by atoms with van der Waals surface area (Å²) in [5.41, 5.74) is 0.720. The Morgan fingerprint density at radius 3 is 2.62 bits per heavy atom. The van der Waals surface area contributed by atoms with Gasteiger partial charge < -0.3 is 4.57 Å². The average Bonchev–Trinajstić information content (AvgIpc) is 2.93. The molecule has 16 heavy (non-hydrogen) atoms. The monoisotopic (exact) mass is 217 g/mol. The van der Waals surface area contributed by atoms with Gasteiger partial charge in [-0.15, -0.1) is 10.2 Å². The molecule has 4 rings (SSSR count). The van der Waals surface area contributed by atoms with E-state index >= 15 is 0 Å². The van der Waals surface area contributed by atoms with Crippen LogP contribution in [0, 0.1) is 5.41 Å². The first-order valence-electron chi connectivity index (χ1n) is 6.78. The van der Waals surface area contributed by atoms with Gasteiger partial charge in [0, 0.05) is 18.9 Å². The van der Waals surface area contributed by atoms with Crippen molar-refractivity contribution in [3.05, 3.63) is 11.6 Å². The molecule has 1 spiro atoms. The molecular weight excluding hydrogens is 198 g/mol. The summed E-state index contributed by atoms with van der Waals surface area (Å²) in [5.74, 6) is 3.30. The lowest BCUT2D eigenvalue weighted by atomic mass is 9.85. The molecule has 0 atom stereocenters. The highest BCUT2D eigenvalue weighted by Gasteiger charge is 2.43. The van der Waals surface area contributed by atoms with Crippen LogP contribution >= 0.6 is 0 Å². The molecule has 2 fully saturated rings. The zero-order valence-corrected chi connectivity index (χ0v) is 9.78. The molecule has 86 valence electrons. The lowest BCUT2D eigenvalue weighted by molar-refractivity contribution is 0.372. The van der Waals surface area contributed by atoms with Gasteiger partial charge >= 0.3 is 0 Å². The molecule has 1 aliphatic heterocycles. The van der Waals surface area contributed by atoms with Gasteiger partial charge in [-0.25, -0.2) is 0 Å². The SMILES string of the molecule is C1CC(c2nnc3n2CCC2(CC3)CC2)C1. The molecule has 0 amide bonds. The van der Waals surface area contributed by atoms with E-state index in [-0.39, 0.29) is 0 Å². The molecule has 3 aliphatic rings. The summed E-state index contributed by atoms with van der Waals surface area (Å²) in [6, 6.07) is 0. The smallest absolute Gasteiger partial charge is 0.136 e. The molecule has 2 saturated carbocycles. The molecular formula is C13H19N3. The lowest BCUT2D eigenvalue weighted by Gasteiger charge is -2.25. The summed E-state index contributed by atoms with van der Waals surface area (Å²) in [5, 5.41) is 8.87. The van der Waals surface area contributed by atoms with Crippen LogP contribution in [-0.2, 0) is 13.0 Å². The van der Waals surface area contributed by atoms with Crippen LogP contribution in [0.1, 0.15) is 62.5 Å². The molecule has 0 saturated heterocycles. The van der Waals surface area contributed by atoms with Crippen LogP contribution in [0.4, 0.5) is 0 Å². The fourth-order valence-corrected chi connectivity index (χ4v) is 3.27. The minimum Gasteiger partial charge on any atom is -0.315 e. The van der Waals surface area contributed by atoms with Crippen LogP contribution in [0.5, 0.6) is 0 Å². The number of aromatic nitrogens is 3. The third-order valence-electron chi connectivity index (χ3n) is 5.03. The fraction of sp³-hybridized carbons (Fsp3) is 0.846. The van der Waals surface area contributed by atoms with E-state index in [4.69, 9.17) is 0 Å². The highest BCUT2D eigenvalue weighted by Crippen LogP contribution is 2.54. The predicted octanol–water partition coefficient (Wildman–Crippen LogP) is 2.66. The number of hydrogen-bond donors (Lipinski definition) is 0. The van der Waals surface area contributed by atoms with E-state index in [1.54, 1.807) is 0 Å². The van der Waals surface area contributed by atoms with Crippen LogP contribution in [0.15, 0.2) is 0 Å². The second-order valence-electron chi connectivity index (χ2n) is 6.00. The second-order valence-corrected chi connectivity index (χ2v) is 6.00. The van der Waals surface area contributed by atoms with Crippen LogP contribution in [0.3, 0.4) is 0 Å². The molecule has 3 heteroatoms. The molecule has 0 unspecified atom stereocenters. The average molecular weight is 217 g/mol. The van der Waals surface area contributed by atoms with Crippen LogP contribution in [0.25, 0.3) is 0 Å². The van der Waals surface area contributed by atoms with Crippen molar-refractivity contribution >= 4 is 0 Å². The van der Waals surface area contributed by atoms with Crippen LogP contribution in [0.2, 0.25) is 0 Å². The van der Waals surface area contributed by atoms with E-state index in [9.17, 15) is 0 Å². The quantitative estimate of drug-likeness (QED) is 0.724. The summed E-state index contributed by atoms with van der Waals surface area (Å²) >= 11 is 0. The first-order valence-corrected chi connectivity index (χ1v) is 6.78. The van der Waals surface area contributed by atoms with Crippen molar-refractivity contribution < 1.29 is 0 Å². The van der Waals surface area contributed by atoms with Crippen molar-refractivity contribution in [1.29, 1.82) is 0 Å². The van der Waals surface area contributed by atoms with E-state index in [0.29, 0.717) is 0 Å². The lowest BCUT2D eigenvalue weighted by Crippen LogP contribution is -2.16. The van der Waals surface area contributed by atoms with Gasteiger partial charge in [0.15, 0.2) is 0 Å². The molecule has 0 radical (unpaired) electrons. The topological polar surface area (TPSA) is 30.7 Å². The fourth-order valence-electron chi connectivity index (χ4n) is 3.27. The normalized spacial score (nSPS) is 27.2. The van der Waals surface area contributed by atoms with Crippen LogP contribution < -0.4 is 0 Å². The van der Waals surface area contributed by atoms with E-state index < -0.39 is 0 Å². The second kappa shape index (κ2) is 3.08. The molecule has 2 heterocycles. The Labute approximate surface area is 96.3 Å². The molecule has 0 bridgehead atoms. The number of fused-ring (bicyclic) bond motifs is 1. The van der Waals surface area contributed by atoms with Gasteiger partial charge in [-0.3, -0.25) is 0 Å². The zero-order valence-electron chi connectivity index (χ0n) is 9.78. The van der Waals surface area contributed by atoms with Gasteiger partial charge in [0.1, 0.15) is 11.6 Å².